The van der Waals surface area contributed by atoms with Crippen LogP contribution in [-0.2, 0) is 18.6 Å². The van der Waals surface area contributed by atoms with Crippen LogP contribution in [0.15, 0.2) is 67.1 Å². The summed E-state index contributed by atoms with van der Waals surface area (Å²) in [7, 11) is 0. The number of aromatic nitrogens is 2. The predicted octanol–water partition coefficient (Wildman–Crippen LogP) is 5.89. The summed E-state index contributed by atoms with van der Waals surface area (Å²) in [6.45, 7) is 1.83. The molecule has 1 aliphatic rings. The molecule has 1 saturated heterocycles. The summed E-state index contributed by atoms with van der Waals surface area (Å²) in [5.41, 5.74) is -3.89. The third kappa shape index (κ3) is 6.89. The molecule has 1 fully saturated rings. The van der Waals surface area contributed by atoms with Crippen LogP contribution in [0.4, 0.5) is 42.6 Å². The zero-order valence-corrected chi connectivity index (χ0v) is 21.1. The van der Waals surface area contributed by atoms with E-state index in [4.69, 9.17) is 0 Å². The summed E-state index contributed by atoms with van der Waals surface area (Å²) in [6.07, 6.45) is -6.37. The molecule has 2 aromatic carbocycles. The molecule has 3 aromatic rings. The van der Waals surface area contributed by atoms with Gasteiger partial charge < -0.3 is 10.4 Å². The predicted molar refractivity (Wildman–Crippen MR) is 135 cm³/mol. The lowest BCUT2D eigenvalue weighted by atomic mass is 9.89. The minimum absolute atomic E-state index is 0.376. The first-order valence-corrected chi connectivity index (χ1v) is 12.5. The number of rotatable bonds is 7. The lowest BCUT2D eigenvalue weighted by Crippen LogP contribution is -2.53. The van der Waals surface area contributed by atoms with Gasteiger partial charge in [0, 0.05) is 24.0 Å². The maximum Gasteiger partial charge on any atom is 0.430 e. The minimum atomic E-state index is -5.90. The molecule has 2 amide bonds. The number of amides is 2. The number of aliphatic hydroxyl groups is 1. The van der Waals surface area contributed by atoms with E-state index >= 15 is 0 Å². The molecule has 0 atom stereocenters. The summed E-state index contributed by atoms with van der Waals surface area (Å²) in [6, 6.07) is 12.4. The highest BCUT2D eigenvalue weighted by atomic mass is 19.4. The summed E-state index contributed by atoms with van der Waals surface area (Å²) in [5, 5.41) is 14.9. The van der Waals surface area contributed by atoms with Crippen molar-refractivity contribution in [3.63, 3.8) is 0 Å². The molecular weight excluding hydrogens is 540 g/mol. The molecule has 214 valence electrons. The first kappa shape index (κ1) is 29.3. The molecule has 0 spiro atoms. The molecule has 4 rings (SSSR count). The van der Waals surface area contributed by atoms with Crippen molar-refractivity contribution in [2.75, 3.05) is 23.7 Å². The fourth-order valence-corrected chi connectivity index (χ4v) is 4.65. The van der Waals surface area contributed by atoms with E-state index in [0.29, 0.717) is 41.7 Å². The number of benzene rings is 2. The second-order valence-corrected chi connectivity index (χ2v) is 9.70. The molecule has 7 nitrogen and oxygen atoms in total. The summed E-state index contributed by atoms with van der Waals surface area (Å²) < 4.78 is 78.6. The second-order valence-electron chi connectivity index (χ2n) is 9.70. The molecule has 40 heavy (non-hydrogen) atoms. The Labute approximate surface area is 226 Å². The van der Waals surface area contributed by atoms with Gasteiger partial charge in [0.1, 0.15) is 12.1 Å². The number of halogens is 6. The van der Waals surface area contributed by atoms with Gasteiger partial charge in [-0.05, 0) is 67.6 Å². The minimum Gasteiger partial charge on any atom is -0.369 e. The Bertz CT molecular complexity index is 1250. The summed E-state index contributed by atoms with van der Waals surface area (Å²) >= 11 is 0. The first-order chi connectivity index (χ1) is 18.8. The summed E-state index contributed by atoms with van der Waals surface area (Å²) in [4.78, 5) is 21.9. The Kier molecular flexibility index (Phi) is 8.64. The average molecular weight is 568 g/mol. The van der Waals surface area contributed by atoms with E-state index in [2.05, 4.69) is 25.5 Å². The van der Waals surface area contributed by atoms with E-state index in [0.717, 1.165) is 37.9 Å². The Morgan fingerprint density at radius 2 is 1.48 bits per heavy atom. The Morgan fingerprint density at radius 3 is 2.02 bits per heavy atom. The number of anilines is 2. The highest BCUT2D eigenvalue weighted by molar-refractivity contribution is 5.99. The van der Waals surface area contributed by atoms with Crippen LogP contribution >= 0.6 is 0 Å². The molecule has 0 unspecified atom stereocenters. The highest BCUT2D eigenvalue weighted by Crippen LogP contribution is 2.50. The van der Waals surface area contributed by atoms with Gasteiger partial charge in [0.15, 0.2) is 0 Å². The van der Waals surface area contributed by atoms with Crippen LogP contribution in [0.3, 0.4) is 0 Å². The number of piperidine rings is 1. The molecule has 0 radical (unpaired) electrons. The van der Waals surface area contributed by atoms with Crippen molar-refractivity contribution in [1.29, 1.82) is 0 Å². The van der Waals surface area contributed by atoms with Gasteiger partial charge in [-0.15, -0.1) is 0 Å². The molecule has 3 N–H and O–H groups in total. The van der Waals surface area contributed by atoms with Crippen LogP contribution < -0.4 is 10.6 Å². The van der Waals surface area contributed by atoms with Crippen molar-refractivity contribution in [1.82, 2.24) is 14.9 Å². The molecular formula is C27H27F6N5O2. The van der Waals surface area contributed by atoms with Crippen LogP contribution in [0, 0.1) is 5.92 Å². The molecule has 0 bridgehead atoms. The van der Waals surface area contributed by atoms with E-state index in [-0.39, 0.29) is 0 Å². The lowest BCUT2D eigenvalue weighted by Gasteiger charge is -2.33. The maximum absolute atomic E-state index is 13.1. The van der Waals surface area contributed by atoms with Gasteiger partial charge in [0.2, 0.25) is 0 Å². The van der Waals surface area contributed by atoms with E-state index in [1.807, 2.05) is 24.3 Å². The number of alkyl halides is 6. The monoisotopic (exact) mass is 567 g/mol. The number of nitrogens with zero attached hydrogens (tertiary/aromatic N) is 3. The first-order valence-electron chi connectivity index (χ1n) is 12.5. The third-order valence-electron chi connectivity index (χ3n) is 6.87. The standard InChI is InChI=1S/C27H27F6N5O2/c28-26(29,30)25(40,27(31,32)33)21-5-1-20(2-6-21)16-38-13-10-19(11-14-38)15-18-3-7-22(8-4-18)36-24(39)37-23-9-12-34-17-35-23/h1-9,12,17,19,40H,10-11,13-16H2,(H2,34,35,36,37,39). The van der Waals surface area contributed by atoms with Crippen molar-refractivity contribution in [2.45, 2.75) is 43.8 Å². The van der Waals surface area contributed by atoms with Gasteiger partial charge >= 0.3 is 18.4 Å². The van der Waals surface area contributed by atoms with Crippen molar-refractivity contribution >= 4 is 17.5 Å². The second kappa shape index (κ2) is 11.8. The fraction of sp³-hybridized carbons (Fsp3) is 0.370. The molecule has 13 heteroatoms. The number of hydrogen-bond acceptors (Lipinski definition) is 5. The smallest absolute Gasteiger partial charge is 0.369 e. The number of carbonyl (C=O) groups excluding carboxylic acids is 1. The van der Waals surface area contributed by atoms with E-state index in [1.54, 1.807) is 6.07 Å². The Hall–Kier alpha value is -3.71. The molecule has 0 saturated carbocycles. The highest BCUT2D eigenvalue weighted by Gasteiger charge is 2.71. The average Bonchev–Trinajstić information content (AvgIpc) is 2.90. The van der Waals surface area contributed by atoms with E-state index in [9.17, 15) is 36.2 Å². The van der Waals surface area contributed by atoms with Gasteiger partial charge in [-0.25, -0.2) is 14.8 Å². The Balaban J connectivity index is 1.25. The van der Waals surface area contributed by atoms with Gasteiger partial charge in [-0.2, -0.15) is 26.3 Å². The number of likely N-dealkylation sites (tertiary alicyclic amines) is 1. The number of nitrogens with one attached hydrogen (secondary N) is 2. The van der Waals surface area contributed by atoms with Crippen molar-refractivity contribution < 1.29 is 36.2 Å². The normalized spacial score (nSPS) is 15.6. The van der Waals surface area contributed by atoms with Crippen LogP contribution in [0.25, 0.3) is 0 Å². The molecule has 2 heterocycles. The number of hydrogen-bond donors (Lipinski definition) is 3. The SMILES string of the molecule is O=C(Nc1ccc(CC2CCN(Cc3ccc(C(O)(C(F)(F)F)C(F)(F)F)cc3)CC2)cc1)Nc1ccncn1. The van der Waals surface area contributed by atoms with Crippen LogP contribution in [0.5, 0.6) is 0 Å². The van der Waals surface area contributed by atoms with Crippen LogP contribution in [0.2, 0.25) is 0 Å². The van der Waals surface area contributed by atoms with Crippen molar-refractivity contribution in [3.05, 3.63) is 83.8 Å². The van der Waals surface area contributed by atoms with Crippen molar-refractivity contribution in [3.8, 4) is 0 Å². The summed E-state index contributed by atoms with van der Waals surface area (Å²) in [5.74, 6) is 0.787. The zero-order valence-electron chi connectivity index (χ0n) is 21.1. The van der Waals surface area contributed by atoms with Crippen molar-refractivity contribution in [2.24, 2.45) is 5.92 Å². The van der Waals surface area contributed by atoms with Gasteiger partial charge in [0.05, 0.1) is 0 Å². The number of urea groups is 1. The van der Waals surface area contributed by atoms with E-state index < -0.39 is 29.5 Å². The van der Waals surface area contributed by atoms with Gasteiger partial charge in [-0.1, -0.05) is 36.4 Å². The van der Waals surface area contributed by atoms with Gasteiger partial charge in [0.25, 0.3) is 5.60 Å². The van der Waals surface area contributed by atoms with Crippen LogP contribution in [0.1, 0.15) is 29.5 Å². The molecule has 1 aromatic heterocycles. The topological polar surface area (TPSA) is 90.4 Å². The Morgan fingerprint density at radius 1 is 0.875 bits per heavy atom. The van der Waals surface area contributed by atoms with Gasteiger partial charge in [-0.3, -0.25) is 10.2 Å². The fourth-order valence-electron chi connectivity index (χ4n) is 4.65. The molecule has 1 aliphatic heterocycles. The zero-order chi connectivity index (χ0) is 29.0. The number of carbonyl (C=O) groups is 1. The quantitative estimate of drug-likeness (QED) is 0.310. The lowest BCUT2D eigenvalue weighted by molar-refractivity contribution is -0.376. The molecule has 0 aliphatic carbocycles. The largest absolute Gasteiger partial charge is 0.430 e. The van der Waals surface area contributed by atoms with Crippen LogP contribution in [-0.4, -0.2) is 51.4 Å². The maximum atomic E-state index is 13.1. The van der Waals surface area contributed by atoms with E-state index in [1.165, 1.54) is 24.7 Å². The third-order valence-corrected chi connectivity index (χ3v) is 6.87.